The normalized spacial score (nSPS) is 16.0. The quantitative estimate of drug-likeness (QED) is 0.739. The number of amides is 2. The van der Waals surface area contributed by atoms with Gasteiger partial charge in [-0.25, -0.2) is 0 Å². The van der Waals surface area contributed by atoms with Gasteiger partial charge in [-0.05, 0) is 31.2 Å². The summed E-state index contributed by atoms with van der Waals surface area (Å²) in [6, 6.07) is 17.4. The molecule has 1 aliphatic heterocycles. The first-order valence-electron chi connectivity index (χ1n) is 9.16. The lowest BCUT2D eigenvalue weighted by Crippen LogP contribution is -2.49. The maximum Gasteiger partial charge on any atom is 0.311 e. The van der Waals surface area contributed by atoms with Gasteiger partial charge in [0.25, 0.3) is 11.8 Å². The molecule has 1 N–H and O–H groups in total. The highest BCUT2D eigenvalue weighted by Crippen LogP contribution is 2.24. The summed E-state index contributed by atoms with van der Waals surface area (Å²) in [5, 5.41) is 8.43. The predicted molar refractivity (Wildman–Crippen MR) is 111 cm³/mol. The molecule has 1 heterocycles. The zero-order valence-electron chi connectivity index (χ0n) is 15.9. The van der Waals surface area contributed by atoms with Crippen LogP contribution in [0, 0.1) is 0 Å². The van der Waals surface area contributed by atoms with Crippen molar-refractivity contribution >= 4 is 35.3 Å². The smallest absolute Gasteiger partial charge is 0.311 e. The maximum atomic E-state index is 13.0. The van der Waals surface area contributed by atoms with Crippen LogP contribution in [0.15, 0.2) is 65.8 Å². The van der Waals surface area contributed by atoms with Gasteiger partial charge >= 0.3 is 5.97 Å². The maximum absolute atomic E-state index is 13.0. The van der Waals surface area contributed by atoms with Crippen LogP contribution in [-0.4, -0.2) is 46.4 Å². The third-order valence-electron chi connectivity index (χ3n) is 4.05. The second-order valence-electron chi connectivity index (χ2n) is 6.17. The number of benzene rings is 2. The largest absolute Gasteiger partial charge is 0.466 e. The summed E-state index contributed by atoms with van der Waals surface area (Å²) < 4.78 is 4.97. The monoisotopic (exact) mass is 411 g/mol. The van der Waals surface area contributed by atoms with E-state index in [0.717, 1.165) is 0 Å². The molecule has 1 aliphatic rings. The lowest BCUT2D eigenvalue weighted by molar-refractivity contribution is -0.141. The Bertz CT molecular complexity index is 903. The molecule has 2 amide bonds. The first-order chi connectivity index (χ1) is 14.1. The number of carbonyl (C=O) groups is 3. The molecule has 0 saturated heterocycles. The molecular formula is C21H21N3O4S. The minimum Gasteiger partial charge on any atom is -0.466 e. The molecule has 1 atom stereocenters. The molecule has 1 unspecified atom stereocenters. The highest BCUT2D eigenvalue weighted by molar-refractivity contribution is 8.00. The van der Waals surface area contributed by atoms with Gasteiger partial charge in [-0.3, -0.25) is 14.4 Å². The van der Waals surface area contributed by atoms with E-state index in [2.05, 4.69) is 10.4 Å². The first-order valence-corrected chi connectivity index (χ1v) is 10.2. The standard InChI is InChI=1S/C21H21N3O4S/c1-2-28-18(25)13-17-14-29-21(22-19(26)15-9-5-3-6-10-15)24(23-17)20(27)16-11-7-4-8-12-16/h3-12,21H,2,13-14H2,1H3,(H,22,26). The third-order valence-corrected chi connectivity index (χ3v) is 5.19. The van der Waals surface area contributed by atoms with E-state index in [0.29, 0.717) is 22.6 Å². The highest BCUT2D eigenvalue weighted by atomic mass is 32.2. The van der Waals surface area contributed by atoms with Crippen molar-refractivity contribution in [2.45, 2.75) is 18.8 Å². The zero-order chi connectivity index (χ0) is 20.6. The lowest BCUT2D eigenvalue weighted by atomic mass is 10.2. The van der Waals surface area contributed by atoms with E-state index >= 15 is 0 Å². The number of hydrogen-bond acceptors (Lipinski definition) is 6. The van der Waals surface area contributed by atoms with Crippen LogP contribution in [0.2, 0.25) is 0 Å². The molecule has 0 aromatic heterocycles. The van der Waals surface area contributed by atoms with Crippen molar-refractivity contribution in [2.75, 3.05) is 12.4 Å². The van der Waals surface area contributed by atoms with Crippen LogP contribution in [0.5, 0.6) is 0 Å². The van der Waals surface area contributed by atoms with Crippen LogP contribution in [0.4, 0.5) is 0 Å². The number of nitrogens with zero attached hydrogens (tertiary/aromatic N) is 2. The fourth-order valence-corrected chi connectivity index (χ4v) is 3.68. The zero-order valence-corrected chi connectivity index (χ0v) is 16.7. The number of thioether (sulfide) groups is 1. The molecule has 0 spiro atoms. The van der Waals surface area contributed by atoms with Crippen molar-refractivity contribution in [3.8, 4) is 0 Å². The summed E-state index contributed by atoms with van der Waals surface area (Å²) >= 11 is 1.32. The number of carbonyl (C=O) groups excluding carboxylic acids is 3. The van der Waals surface area contributed by atoms with Crippen molar-refractivity contribution in [3.05, 3.63) is 71.8 Å². The van der Waals surface area contributed by atoms with Crippen LogP contribution in [0.25, 0.3) is 0 Å². The fraction of sp³-hybridized carbons (Fsp3) is 0.238. The number of rotatable bonds is 6. The van der Waals surface area contributed by atoms with Gasteiger partial charge in [0.05, 0.1) is 18.7 Å². The van der Waals surface area contributed by atoms with Crippen LogP contribution in [0.3, 0.4) is 0 Å². The summed E-state index contributed by atoms with van der Waals surface area (Å²) in [5.41, 5.74) is 0.749. The summed E-state index contributed by atoms with van der Waals surface area (Å²) in [4.78, 5) is 37.4. The van der Waals surface area contributed by atoms with Gasteiger partial charge in [0, 0.05) is 16.9 Å². The van der Waals surface area contributed by atoms with Gasteiger partial charge in [0.15, 0.2) is 5.50 Å². The van der Waals surface area contributed by atoms with E-state index in [1.54, 1.807) is 55.5 Å². The number of ether oxygens (including phenoxy) is 1. The molecule has 0 bridgehead atoms. The van der Waals surface area contributed by atoms with Crippen molar-refractivity contribution < 1.29 is 19.1 Å². The van der Waals surface area contributed by atoms with Crippen LogP contribution in [0.1, 0.15) is 34.1 Å². The molecule has 29 heavy (non-hydrogen) atoms. The Balaban J connectivity index is 1.82. The van der Waals surface area contributed by atoms with E-state index < -0.39 is 11.5 Å². The summed E-state index contributed by atoms with van der Waals surface area (Å²) in [5.74, 6) is -0.668. The molecule has 0 saturated carbocycles. The molecule has 3 rings (SSSR count). The Morgan fingerprint density at radius 3 is 2.31 bits per heavy atom. The van der Waals surface area contributed by atoms with E-state index in [1.807, 2.05) is 12.1 Å². The highest BCUT2D eigenvalue weighted by Gasteiger charge is 2.31. The molecule has 2 aromatic rings. The molecular weight excluding hydrogens is 390 g/mol. The van der Waals surface area contributed by atoms with Crippen LogP contribution < -0.4 is 5.32 Å². The molecule has 0 fully saturated rings. The number of nitrogens with one attached hydrogen (secondary N) is 1. The number of hydrazone groups is 1. The van der Waals surface area contributed by atoms with E-state index in [1.165, 1.54) is 16.8 Å². The third kappa shape index (κ3) is 5.45. The summed E-state index contributed by atoms with van der Waals surface area (Å²) in [6.45, 7) is 2.01. The predicted octanol–water partition coefficient (Wildman–Crippen LogP) is 2.90. The second-order valence-corrected chi connectivity index (χ2v) is 7.24. The van der Waals surface area contributed by atoms with Crippen molar-refractivity contribution in [3.63, 3.8) is 0 Å². The molecule has 8 heteroatoms. The lowest BCUT2D eigenvalue weighted by Gasteiger charge is -2.32. The van der Waals surface area contributed by atoms with Gasteiger partial charge in [-0.2, -0.15) is 10.1 Å². The van der Waals surface area contributed by atoms with Crippen molar-refractivity contribution in [1.82, 2.24) is 10.3 Å². The fourth-order valence-electron chi connectivity index (χ4n) is 2.70. The molecule has 0 radical (unpaired) electrons. The Hall–Kier alpha value is -3.13. The van der Waals surface area contributed by atoms with Crippen LogP contribution in [-0.2, 0) is 9.53 Å². The van der Waals surface area contributed by atoms with E-state index in [4.69, 9.17) is 4.74 Å². The molecule has 150 valence electrons. The van der Waals surface area contributed by atoms with Gasteiger partial charge in [-0.1, -0.05) is 36.4 Å². The minimum atomic E-state index is -0.693. The van der Waals surface area contributed by atoms with Crippen LogP contribution >= 0.6 is 11.8 Å². The van der Waals surface area contributed by atoms with E-state index in [9.17, 15) is 14.4 Å². The van der Waals surface area contributed by atoms with Gasteiger partial charge < -0.3 is 10.1 Å². The Morgan fingerprint density at radius 1 is 1.07 bits per heavy atom. The Morgan fingerprint density at radius 2 is 1.69 bits per heavy atom. The number of hydrogen-bond donors (Lipinski definition) is 1. The number of esters is 1. The second kappa shape index (κ2) is 9.88. The summed E-state index contributed by atoms with van der Waals surface area (Å²) in [6.07, 6.45) is -0.00123. The van der Waals surface area contributed by atoms with E-state index in [-0.39, 0.29) is 24.8 Å². The Labute approximate surface area is 173 Å². The van der Waals surface area contributed by atoms with Crippen molar-refractivity contribution in [2.24, 2.45) is 5.10 Å². The topological polar surface area (TPSA) is 88.1 Å². The average molecular weight is 411 g/mol. The molecule has 2 aromatic carbocycles. The van der Waals surface area contributed by atoms with Crippen molar-refractivity contribution in [1.29, 1.82) is 0 Å². The summed E-state index contributed by atoms with van der Waals surface area (Å²) in [7, 11) is 0. The molecule has 7 nitrogen and oxygen atoms in total. The first kappa shape index (κ1) is 20.6. The average Bonchev–Trinajstić information content (AvgIpc) is 2.75. The van der Waals surface area contributed by atoms with Gasteiger partial charge in [0.1, 0.15) is 0 Å². The van der Waals surface area contributed by atoms with Gasteiger partial charge in [0.2, 0.25) is 0 Å². The Kier molecular flexibility index (Phi) is 7.02. The van der Waals surface area contributed by atoms with Gasteiger partial charge in [-0.15, -0.1) is 11.8 Å². The minimum absolute atomic E-state index is 0.00123. The molecule has 0 aliphatic carbocycles. The SMILES string of the molecule is CCOC(=O)CC1=NN(C(=O)c2ccccc2)C(NC(=O)c2ccccc2)SC1.